The normalized spacial score (nSPS) is 14.3. The lowest BCUT2D eigenvalue weighted by molar-refractivity contribution is -0.118. The fraction of sp³-hybridized carbons (Fsp3) is 0.917. The van der Waals surface area contributed by atoms with Crippen LogP contribution in [0, 0.1) is 5.41 Å². The van der Waals surface area contributed by atoms with Gasteiger partial charge in [-0.05, 0) is 26.8 Å². The molecule has 0 aliphatic carbocycles. The molecule has 0 spiro atoms. The molecule has 1 unspecified atom stereocenters. The lowest BCUT2D eigenvalue weighted by Gasteiger charge is -2.33. The van der Waals surface area contributed by atoms with Crippen molar-refractivity contribution < 1.29 is 9.53 Å². The highest BCUT2D eigenvalue weighted by Crippen LogP contribution is 2.25. The zero-order valence-corrected chi connectivity index (χ0v) is 10.7. The van der Waals surface area contributed by atoms with Gasteiger partial charge < -0.3 is 14.4 Å². The molecule has 1 atom stereocenters. The van der Waals surface area contributed by atoms with Gasteiger partial charge in [-0.2, -0.15) is 0 Å². The van der Waals surface area contributed by atoms with Crippen molar-refractivity contribution in [3.63, 3.8) is 0 Å². The average Bonchev–Trinajstić information content (AvgIpc) is 2.26. The van der Waals surface area contributed by atoms with Crippen molar-refractivity contribution in [3.05, 3.63) is 0 Å². The van der Waals surface area contributed by atoms with Gasteiger partial charge in [0.25, 0.3) is 0 Å². The molecule has 3 heteroatoms. The first-order valence-electron chi connectivity index (χ1n) is 5.70. The van der Waals surface area contributed by atoms with E-state index in [0.29, 0.717) is 12.6 Å². The molecular formula is C12H25NO2. The van der Waals surface area contributed by atoms with Crippen LogP contribution in [0.2, 0.25) is 0 Å². The first kappa shape index (κ1) is 14.6. The Balaban J connectivity index is 4.33. The number of hydrogen-bond donors (Lipinski definition) is 0. The largest absolute Gasteiger partial charge is 0.383 e. The minimum atomic E-state index is -0.184. The Hall–Kier alpha value is -0.410. The number of carbonyl (C=O) groups excluding carboxylic acids is 1. The molecule has 0 aromatic rings. The van der Waals surface area contributed by atoms with E-state index in [0.717, 1.165) is 25.7 Å². The molecule has 0 saturated heterocycles. The van der Waals surface area contributed by atoms with E-state index >= 15 is 0 Å². The maximum absolute atomic E-state index is 11.1. The summed E-state index contributed by atoms with van der Waals surface area (Å²) in [6, 6.07) is 0.354. The van der Waals surface area contributed by atoms with E-state index in [1.807, 2.05) is 7.05 Å². The van der Waals surface area contributed by atoms with Gasteiger partial charge in [0, 0.05) is 25.1 Å². The minimum Gasteiger partial charge on any atom is -0.383 e. The number of aldehydes is 1. The highest BCUT2D eigenvalue weighted by molar-refractivity contribution is 5.59. The molecule has 0 aliphatic rings. The third-order valence-electron chi connectivity index (χ3n) is 3.38. The maximum atomic E-state index is 11.1. The molecule has 0 heterocycles. The molecule has 0 rings (SSSR count). The fourth-order valence-electron chi connectivity index (χ4n) is 1.70. The predicted molar refractivity (Wildman–Crippen MR) is 63.0 cm³/mol. The molecule has 0 aromatic carbocycles. The molecule has 90 valence electrons. The van der Waals surface area contributed by atoms with Crippen molar-refractivity contribution in [1.29, 1.82) is 0 Å². The van der Waals surface area contributed by atoms with Crippen LogP contribution in [-0.4, -0.2) is 44.5 Å². The minimum absolute atomic E-state index is 0.184. The second kappa shape index (κ2) is 6.96. The Bertz CT molecular complexity index is 178. The second-order valence-electron chi connectivity index (χ2n) is 4.41. The SMILES string of the molecule is CCC(C=O)(CC)CN(C)C(C)COC. The number of hydrogen-bond acceptors (Lipinski definition) is 3. The van der Waals surface area contributed by atoms with Gasteiger partial charge in [-0.1, -0.05) is 13.8 Å². The molecule has 0 fully saturated rings. The van der Waals surface area contributed by atoms with Crippen molar-refractivity contribution in [2.75, 3.05) is 27.3 Å². The zero-order chi connectivity index (χ0) is 11.9. The highest BCUT2D eigenvalue weighted by atomic mass is 16.5. The lowest BCUT2D eigenvalue weighted by atomic mass is 9.83. The van der Waals surface area contributed by atoms with Crippen LogP contribution in [-0.2, 0) is 9.53 Å². The lowest BCUT2D eigenvalue weighted by Crippen LogP contribution is -2.42. The second-order valence-corrected chi connectivity index (χ2v) is 4.41. The summed E-state index contributed by atoms with van der Waals surface area (Å²) < 4.78 is 5.11. The summed E-state index contributed by atoms with van der Waals surface area (Å²) in [5, 5.41) is 0. The van der Waals surface area contributed by atoms with Gasteiger partial charge in [-0.3, -0.25) is 0 Å². The van der Waals surface area contributed by atoms with Crippen molar-refractivity contribution in [2.24, 2.45) is 5.41 Å². The summed E-state index contributed by atoms with van der Waals surface area (Å²) >= 11 is 0. The number of likely N-dealkylation sites (N-methyl/N-ethyl adjacent to an activating group) is 1. The maximum Gasteiger partial charge on any atom is 0.127 e. The van der Waals surface area contributed by atoms with E-state index < -0.39 is 0 Å². The first-order valence-corrected chi connectivity index (χ1v) is 5.70. The van der Waals surface area contributed by atoms with Gasteiger partial charge in [0.15, 0.2) is 0 Å². The Morgan fingerprint density at radius 3 is 2.27 bits per heavy atom. The Labute approximate surface area is 93.8 Å². The van der Waals surface area contributed by atoms with Gasteiger partial charge in [0.05, 0.1) is 6.61 Å². The number of ether oxygens (including phenoxy) is 1. The van der Waals surface area contributed by atoms with Crippen LogP contribution >= 0.6 is 0 Å². The number of rotatable bonds is 8. The number of nitrogens with zero attached hydrogens (tertiary/aromatic N) is 1. The van der Waals surface area contributed by atoms with Gasteiger partial charge in [-0.15, -0.1) is 0 Å². The van der Waals surface area contributed by atoms with E-state index in [4.69, 9.17) is 4.74 Å². The molecule has 15 heavy (non-hydrogen) atoms. The zero-order valence-electron chi connectivity index (χ0n) is 10.7. The Kier molecular flexibility index (Phi) is 6.77. The highest BCUT2D eigenvalue weighted by Gasteiger charge is 2.28. The summed E-state index contributed by atoms with van der Waals surface area (Å²) in [6.07, 6.45) is 2.91. The quantitative estimate of drug-likeness (QED) is 0.580. The van der Waals surface area contributed by atoms with E-state index in [1.165, 1.54) is 0 Å². The van der Waals surface area contributed by atoms with Crippen LogP contribution in [0.15, 0.2) is 0 Å². The smallest absolute Gasteiger partial charge is 0.127 e. The van der Waals surface area contributed by atoms with Crippen LogP contribution in [0.25, 0.3) is 0 Å². The molecule has 0 saturated carbocycles. The molecule has 0 N–H and O–H groups in total. The molecule has 0 radical (unpaired) electrons. The van der Waals surface area contributed by atoms with Crippen molar-refractivity contribution in [3.8, 4) is 0 Å². The monoisotopic (exact) mass is 215 g/mol. The summed E-state index contributed by atoms with van der Waals surface area (Å²) in [4.78, 5) is 13.3. The van der Waals surface area contributed by atoms with Gasteiger partial charge in [0.1, 0.15) is 6.29 Å². The van der Waals surface area contributed by atoms with E-state index in [2.05, 4.69) is 25.7 Å². The Morgan fingerprint density at radius 1 is 1.40 bits per heavy atom. The van der Waals surface area contributed by atoms with E-state index in [9.17, 15) is 4.79 Å². The summed E-state index contributed by atoms with van der Waals surface area (Å²) in [5.41, 5.74) is -0.184. The topological polar surface area (TPSA) is 29.5 Å². The van der Waals surface area contributed by atoms with Gasteiger partial charge in [0.2, 0.25) is 0 Å². The molecule has 0 aliphatic heterocycles. The average molecular weight is 215 g/mol. The van der Waals surface area contributed by atoms with Gasteiger partial charge >= 0.3 is 0 Å². The third-order valence-corrected chi connectivity index (χ3v) is 3.38. The first-order chi connectivity index (χ1) is 7.05. The van der Waals surface area contributed by atoms with Crippen molar-refractivity contribution in [2.45, 2.75) is 39.7 Å². The molecule has 3 nitrogen and oxygen atoms in total. The summed E-state index contributed by atoms with van der Waals surface area (Å²) in [7, 11) is 3.75. The Morgan fingerprint density at radius 2 is 1.93 bits per heavy atom. The standard InChI is InChI=1S/C12H25NO2/c1-6-12(7-2,10-14)9-13(4)11(3)8-15-5/h10-11H,6-9H2,1-5H3. The van der Waals surface area contributed by atoms with Crippen LogP contribution in [0.5, 0.6) is 0 Å². The van der Waals surface area contributed by atoms with Gasteiger partial charge in [-0.25, -0.2) is 0 Å². The van der Waals surface area contributed by atoms with Crippen molar-refractivity contribution in [1.82, 2.24) is 4.90 Å². The molecule has 0 aromatic heterocycles. The van der Waals surface area contributed by atoms with Crippen LogP contribution in [0.1, 0.15) is 33.6 Å². The molecule has 0 bridgehead atoms. The molecular weight excluding hydrogens is 190 g/mol. The fourth-order valence-corrected chi connectivity index (χ4v) is 1.70. The molecule has 0 amide bonds. The third kappa shape index (κ3) is 4.31. The van der Waals surface area contributed by atoms with Crippen LogP contribution in [0.4, 0.5) is 0 Å². The van der Waals surface area contributed by atoms with Crippen molar-refractivity contribution >= 4 is 6.29 Å². The predicted octanol–water partition coefficient (Wildman–Crippen LogP) is 1.96. The van der Waals surface area contributed by atoms with Crippen LogP contribution < -0.4 is 0 Å². The number of methoxy groups -OCH3 is 1. The van der Waals surface area contributed by atoms with E-state index in [-0.39, 0.29) is 5.41 Å². The number of carbonyl (C=O) groups is 1. The summed E-state index contributed by atoms with van der Waals surface area (Å²) in [5.74, 6) is 0. The van der Waals surface area contributed by atoms with E-state index in [1.54, 1.807) is 7.11 Å². The summed E-state index contributed by atoms with van der Waals surface area (Å²) in [6.45, 7) is 7.79. The van der Waals surface area contributed by atoms with Crippen LogP contribution in [0.3, 0.4) is 0 Å².